The summed E-state index contributed by atoms with van der Waals surface area (Å²) in [4.78, 5) is 12.1. The predicted octanol–water partition coefficient (Wildman–Crippen LogP) is 3.67. The number of carbonyl (C=O) groups excluding carboxylic acids is 1. The van der Waals surface area contributed by atoms with Gasteiger partial charge >= 0.3 is 5.97 Å². The molecule has 1 aliphatic rings. The molecule has 0 radical (unpaired) electrons. The summed E-state index contributed by atoms with van der Waals surface area (Å²) in [6.45, 7) is 3.68. The molecule has 0 spiro atoms. The smallest absolute Gasteiger partial charge is 0.311 e. The Kier molecular flexibility index (Phi) is 6.64. The van der Waals surface area contributed by atoms with E-state index in [1.807, 2.05) is 19.9 Å². The summed E-state index contributed by atoms with van der Waals surface area (Å²) >= 11 is 6.52. The highest BCUT2D eigenvalue weighted by Crippen LogP contribution is 2.60. The molecule has 3 unspecified atom stereocenters. The quantitative estimate of drug-likeness (QED) is 0.523. The van der Waals surface area contributed by atoms with Gasteiger partial charge in [-0.3, -0.25) is 4.79 Å². The van der Waals surface area contributed by atoms with Gasteiger partial charge in [-0.1, -0.05) is 25.8 Å². The number of hydrogen-bond donors (Lipinski definition) is 1. The van der Waals surface area contributed by atoms with E-state index in [2.05, 4.69) is 37.8 Å². The molecule has 0 aromatic carbocycles. The van der Waals surface area contributed by atoms with E-state index in [4.69, 9.17) is 16.3 Å². The van der Waals surface area contributed by atoms with Crippen LogP contribution in [0, 0.1) is 29.6 Å². The van der Waals surface area contributed by atoms with E-state index in [1.54, 1.807) is 0 Å². The summed E-state index contributed by atoms with van der Waals surface area (Å²) in [6.07, 6.45) is 6.98. The summed E-state index contributed by atoms with van der Waals surface area (Å²) in [5.41, 5.74) is -0.256. The van der Waals surface area contributed by atoms with Crippen molar-refractivity contribution in [2.45, 2.75) is 26.4 Å². The van der Waals surface area contributed by atoms with Crippen LogP contribution in [-0.4, -0.2) is 23.8 Å². The first-order valence-electron chi connectivity index (χ1n) is 6.41. The van der Waals surface area contributed by atoms with Gasteiger partial charge in [-0.15, -0.1) is 6.42 Å². The van der Waals surface area contributed by atoms with Crippen LogP contribution >= 0.6 is 31.9 Å². The van der Waals surface area contributed by atoms with Gasteiger partial charge in [0.15, 0.2) is 0 Å². The number of carbonyl (C=O) groups is 1. The van der Waals surface area contributed by atoms with Gasteiger partial charge in [0.25, 0.3) is 0 Å². The molecule has 1 N–H and O–H groups in total. The zero-order valence-electron chi connectivity index (χ0n) is 11.8. The third-order valence-corrected chi connectivity index (χ3v) is 4.10. The maximum absolute atomic E-state index is 13.7. The van der Waals surface area contributed by atoms with E-state index in [9.17, 15) is 9.18 Å². The monoisotopic (exact) mass is 422 g/mol. The number of hydrogen-bond acceptors (Lipinski definition) is 3. The van der Waals surface area contributed by atoms with E-state index in [0.717, 1.165) is 9.47 Å². The first kappa shape index (κ1) is 18.4. The standard InChI is InChI=1S/C15H17Br2FO3/c1-4-11(10(18)6-5-7-19)21-14(20)13-9(8-12(16)17)15(13,2)3/h1,6,8-9,11,13,19H,5,7H2,2-3H3. The number of ether oxygens (including phenoxy) is 1. The molecule has 0 aromatic rings. The molecule has 3 atom stereocenters. The number of halogens is 3. The van der Waals surface area contributed by atoms with Gasteiger partial charge in [-0.25, -0.2) is 4.39 Å². The summed E-state index contributed by atoms with van der Waals surface area (Å²) in [5, 5.41) is 8.65. The lowest BCUT2D eigenvalue weighted by Crippen LogP contribution is -2.20. The Morgan fingerprint density at radius 3 is 2.67 bits per heavy atom. The third kappa shape index (κ3) is 4.67. The van der Waals surface area contributed by atoms with Gasteiger partial charge in [-0.05, 0) is 55.7 Å². The maximum atomic E-state index is 13.7. The van der Waals surface area contributed by atoms with Gasteiger partial charge < -0.3 is 9.84 Å². The zero-order chi connectivity index (χ0) is 16.2. The fraction of sp³-hybridized carbons (Fsp3) is 0.533. The molecule has 1 fully saturated rings. The van der Waals surface area contributed by atoms with E-state index >= 15 is 0 Å². The molecule has 0 saturated heterocycles. The summed E-state index contributed by atoms with van der Waals surface area (Å²) in [6, 6.07) is 0. The molecule has 116 valence electrons. The second-order valence-electron chi connectivity index (χ2n) is 5.37. The first-order valence-corrected chi connectivity index (χ1v) is 8.00. The molecule has 1 saturated carbocycles. The van der Waals surface area contributed by atoms with Crippen LogP contribution in [-0.2, 0) is 9.53 Å². The summed E-state index contributed by atoms with van der Waals surface area (Å²) in [5.74, 6) is 0.504. The Bertz CT molecular complexity index is 502. The number of rotatable bonds is 6. The van der Waals surface area contributed by atoms with Gasteiger partial charge in [0, 0.05) is 6.61 Å². The molecule has 1 rings (SSSR count). The minimum atomic E-state index is -1.34. The van der Waals surface area contributed by atoms with E-state index in [1.165, 1.54) is 0 Å². The van der Waals surface area contributed by atoms with Crippen molar-refractivity contribution in [3.8, 4) is 12.3 Å². The summed E-state index contributed by atoms with van der Waals surface area (Å²) < 4.78 is 19.5. The molecule has 3 nitrogen and oxygen atoms in total. The van der Waals surface area contributed by atoms with E-state index in [-0.39, 0.29) is 30.3 Å². The maximum Gasteiger partial charge on any atom is 0.311 e. The highest BCUT2D eigenvalue weighted by atomic mass is 79.9. The minimum absolute atomic E-state index is 0.00153. The Balaban J connectivity index is 2.73. The number of terminal acetylenes is 1. The minimum Gasteiger partial charge on any atom is -0.441 e. The Morgan fingerprint density at radius 2 is 2.19 bits per heavy atom. The van der Waals surface area contributed by atoms with Crippen LogP contribution in [0.1, 0.15) is 20.3 Å². The van der Waals surface area contributed by atoms with Crippen LogP contribution in [0.15, 0.2) is 21.4 Å². The van der Waals surface area contributed by atoms with E-state index in [0.29, 0.717) is 0 Å². The van der Waals surface area contributed by atoms with Crippen molar-refractivity contribution in [2.75, 3.05) is 6.61 Å². The van der Waals surface area contributed by atoms with Crippen molar-refractivity contribution in [2.24, 2.45) is 17.3 Å². The lowest BCUT2D eigenvalue weighted by Gasteiger charge is -2.11. The van der Waals surface area contributed by atoms with Crippen LogP contribution in [0.3, 0.4) is 0 Å². The second-order valence-corrected chi connectivity index (χ2v) is 8.14. The molecule has 0 aromatic heterocycles. The third-order valence-electron chi connectivity index (χ3n) is 3.57. The first-order chi connectivity index (χ1) is 9.75. The zero-order valence-corrected chi connectivity index (χ0v) is 14.9. The highest BCUT2D eigenvalue weighted by molar-refractivity contribution is 9.28. The fourth-order valence-electron chi connectivity index (χ4n) is 2.24. The van der Waals surface area contributed by atoms with Gasteiger partial charge in [-0.2, -0.15) is 0 Å². The molecule has 21 heavy (non-hydrogen) atoms. The predicted molar refractivity (Wildman–Crippen MR) is 86.3 cm³/mol. The molecule has 0 amide bonds. The molecule has 0 aliphatic heterocycles. The van der Waals surface area contributed by atoms with Gasteiger partial charge in [0.2, 0.25) is 6.10 Å². The Hall–Kier alpha value is -0.640. The van der Waals surface area contributed by atoms with Crippen molar-refractivity contribution >= 4 is 37.8 Å². The van der Waals surface area contributed by atoms with Crippen LogP contribution in [0.5, 0.6) is 0 Å². The van der Waals surface area contributed by atoms with Crippen molar-refractivity contribution in [3.05, 3.63) is 21.4 Å². The molecule has 0 bridgehead atoms. The van der Waals surface area contributed by atoms with Crippen molar-refractivity contribution in [1.82, 2.24) is 0 Å². The van der Waals surface area contributed by atoms with Gasteiger partial charge in [0.05, 0.1) is 9.31 Å². The number of allylic oxidation sites excluding steroid dienone is 1. The van der Waals surface area contributed by atoms with E-state index < -0.39 is 17.9 Å². The van der Waals surface area contributed by atoms with Crippen LogP contribution in [0.25, 0.3) is 0 Å². The fourth-order valence-corrected chi connectivity index (χ4v) is 2.81. The van der Waals surface area contributed by atoms with Crippen molar-refractivity contribution in [3.63, 3.8) is 0 Å². The SMILES string of the molecule is C#CC(OC(=O)C1C(C=C(Br)Br)C1(C)C)C(F)=CCCO. The summed E-state index contributed by atoms with van der Waals surface area (Å²) in [7, 11) is 0. The average molecular weight is 424 g/mol. The Morgan fingerprint density at radius 1 is 1.57 bits per heavy atom. The molecular formula is C15H17Br2FO3. The Labute approximate surface area is 140 Å². The largest absolute Gasteiger partial charge is 0.441 e. The number of esters is 1. The average Bonchev–Trinajstić information content (AvgIpc) is 2.93. The number of aliphatic hydroxyl groups is 1. The van der Waals surface area contributed by atoms with Crippen LogP contribution in [0.2, 0.25) is 0 Å². The second kappa shape index (κ2) is 7.57. The lowest BCUT2D eigenvalue weighted by atomic mass is 10.1. The molecular weight excluding hydrogens is 407 g/mol. The normalized spacial score (nSPS) is 24.7. The van der Waals surface area contributed by atoms with Crippen molar-refractivity contribution in [1.29, 1.82) is 0 Å². The number of aliphatic hydroxyl groups excluding tert-OH is 1. The highest BCUT2D eigenvalue weighted by Gasteiger charge is 2.61. The molecule has 1 aliphatic carbocycles. The van der Waals surface area contributed by atoms with Crippen LogP contribution < -0.4 is 0 Å². The van der Waals surface area contributed by atoms with Gasteiger partial charge in [0.1, 0.15) is 5.83 Å². The molecule has 0 heterocycles. The van der Waals surface area contributed by atoms with Crippen molar-refractivity contribution < 1.29 is 19.0 Å². The van der Waals surface area contributed by atoms with Crippen LogP contribution in [0.4, 0.5) is 4.39 Å². The topological polar surface area (TPSA) is 46.5 Å². The molecule has 6 heteroatoms. The lowest BCUT2D eigenvalue weighted by molar-refractivity contribution is -0.148.